The molecule has 2 rings (SSSR count). The van der Waals surface area contributed by atoms with Crippen molar-refractivity contribution in [3.05, 3.63) is 23.1 Å². The van der Waals surface area contributed by atoms with E-state index in [-0.39, 0.29) is 11.8 Å². The molecule has 0 saturated heterocycles. The number of anilines is 2. The number of halogens is 2. The van der Waals surface area contributed by atoms with Gasteiger partial charge >= 0.3 is 0 Å². The Morgan fingerprint density at radius 3 is 2.80 bits per heavy atom. The first kappa shape index (κ1) is 14.8. The van der Waals surface area contributed by atoms with Crippen LogP contribution in [-0.4, -0.2) is 25.4 Å². The largest absolute Gasteiger partial charge is 0.397 e. The van der Waals surface area contributed by atoms with Gasteiger partial charge in [-0.25, -0.2) is 8.78 Å². The third-order valence-corrected chi connectivity index (χ3v) is 4.18. The number of thiophene rings is 1. The van der Waals surface area contributed by atoms with Gasteiger partial charge in [0, 0.05) is 12.1 Å². The highest BCUT2D eigenvalue weighted by atomic mass is 32.1. The predicted molar refractivity (Wildman–Crippen MR) is 77.7 cm³/mol. The van der Waals surface area contributed by atoms with Gasteiger partial charge in [-0.05, 0) is 18.8 Å². The molecule has 0 atom stereocenters. The Bertz CT molecular complexity index is 512. The summed E-state index contributed by atoms with van der Waals surface area (Å²) < 4.78 is 24.6. The molecule has 1 aliphatic rings. The first-order valence-electron chi connectivity index (χ1n) is 6.37. The van der Waals surface area contributed by atoms with E-state index in [2.05, 4.69) is 17.2 Å². The Morgan fingerprint density at radius 2 is 2.25 bits per heavy atom. The molecule has 0 bridgehead atoms. The Hall–Kier alpha value is -1.63. The van der Waals surface area contributed by atoms with Crippen LogP contribution >= 0.6 is 11.3 Å². The molecule has 110 valence electrons. The normalized spacial score (nSPS) is 14.3. The molecule has 1 amide bonds. The van der Waals surface area contributed by atoms with Crippen LogP contribution in [0.2, 0.25) is 0 Å². The van der Waals surface area contributed by atoms with Crippen molar-refractivity contribution in [1.82, 2.24) is 5.32 Å². The number of hydrogen-bond acceptors (Lipinski definition) is 4. The number of amides is 1. The second-order valence-electron chi connectivity index (χ2n) is 4.63. The van der Waals surface area contributed by atoms with Crippen LogP contribution in [0.25, 0.3) is 0 Å². The number of alkyl halides is 2. The second kappa shape index (κ2) is 6.21. The van der Waals surface area contributed by atoms with Gasteiger partial charge in [0.1, 0.15) is 4.88 Å². The van der Waals surface area contributed by atoms with Gasteiger partial charge < -0.3 is 16.4 Å². The lowest BCUT2D eigenvalue weighted by atomic mass is 10.1. The van der Waals surface area contributed by atoms with Crippen molar-refractivity contribution in [3.8, 4) is 0 Å². The molecule has 0 spiro atoms. The zero-order valence-corrected chi connectivity index (χ0v) is 11.7. The molecule has 1 heterocycles. The standard InChI is InChI=1S/C13H17F2N3OS/c1-2-5-17-12(19)11-10(16)9(7-3-4-7)13(20-11)18-6-8(14)15/h2,7-8,18H,1,3-6,16H2,(H,17,19). The fourth-order valence-electron chi connectivity index (χ4n) is 1.95. The number of carbonyl (C=O) groups is 1. The summed E-state index contributed by atoms with van der Waals surface area (Å²) >= 11 is 1.14. The lowest BCUT2D eigenvalue weighted by molar-refractivity contribution is 0.0962. The maximum absolute atomic E-state index is 12.3. The van der Waals surface area contributed by atoms with E-state index in [0.29, 0.717) is 22.1 Å². The topological polar surface area (TPSA) is 67.2 Å². The number of carbonyl (C=O) groups excluding carboxylic acids is 1. The highest BCUT2D eigenvalue weighted by molar-refractivity contribution is 7.18. The molecule has 1 aromatic rings. The number of hydrogen-bond donors (Lipinski definition) is 3. The zero-order chi connectivity index (χ0) is 14.7. The van der Waals surface area contributed by atoms with E-state index in [1.54, 1.807) is 6.08 Å². The molecule has 1 saturated carbocycles. The van der Waals surface area contributed by atoms with E-state index in [4.69, 9.17) is 5.73 Å². The van der Waals surface area contributed by atoms with Crippen LogP contribution in [-0.2, 0) is 0 Å². The van der Waals surface area contributed by atoms with Gasteiger partial charge in [0.2, 0.25) is 0 Å². The Labute approximate surface area is 120 Å². The van der Waals surface area contributed by atoms with Crippen LogP contribution in [0.15, 0.2) is 12.7 Å². The van der Waals surface area contributed by atoms with Gasteiger partial charge in [-0.1, -0.05) is 6.08 Å². The average molecular weight is 301 g/mol. The van der Waals surface area contributed by atoms with Crippen molar-refractivity contribution >= 4 is 27.9 Å². The molecule has 4 N–H and O–H groups in total. The van der Waals surface area contributed by atoms with Crippen molar-refractivity contribution in [2.75, 3.05) is 24.1 Å². The molecule has 0 aromatic carbocycles. The molecule has 0 aliphatic heterocycles. The van der Waals surface area contributed by atoms with Crippen molar-refractivity contribution in [3.63, 3.8) is 0 Å². The van der Waals surface area contributed by atoms with Crippen LogP contribution < -0.4 is 16.4 Å². The minimum Gasteiger partial charge on any atom is -0.397 e. The highest BCUT2D eigenvalue weighted by Gasteiger charge is 2.33. The van der Waals surface area contributed by atoms with E-state index in [9.17, 15) is 13.6 Å². The minimum absolute atomic E-state index is 0.285. The summed E-state index contributed by atoms with van der Waals surface area (Å²) in [6.07, 6.45) is 1.10. The molecular weight excluding hydrogens is 284 g/mol. The molecule has 0 unspecified atom stereocenters. The summed E-state index contributed by atoms with van der Waals surface area (Å²) in [5.41, 5.74) is 7.25. The molecule has 1 fully saturated rings. The first-order chi connectivity index (χ1) is 9.54. The van der Waals surface area contributed by atoms with Crippen LogP contribution in [0.1, 0.15) is 34.0 Å². The minimum atomic E-state index is -2.44. The Kier molecular flexibility index (Phi) is 4.59. The van der Waals surface area contributed by atoms with E-state index in [1.807, 2.05) is 0 Å². The summed E-state index contributed by atoms with van der Waals surface area (Å²) in [6.45, 7) is 3.43. The van der Waals surface area contributed by atoms with Crippen molar-refractivity contribution in [2.24, 2.45) is 0 Å². The van der Waals surface area contributed by atoms with Gasteiger partial charge in [0.05, 0.1) is 17.2 Å². The molecule has 1 aliphatic carbocycles. The Morgan fingerprint density at radius 1 is 1.55 bits per heavy atom. The fourth-order valence-corrected chi connectivity index (χ4v) is 3.08. The first-order valence-corrected chi connectivity index (χ1v) is 7.19. The van der Waals surface area contributed by atoms with Crippen LogP contribution in [0.3, 0.4) is 0 Å². The predicted octanol–water partition coefficient (Wildman–Crippen LogP) is 2.80. The van der Waals surface area contributed by atoms with Crippen LogP contribution in [0.5, 0.6) is 0 Å². The third kappa shape index (κ3) is 3.27. The van der Waals surface area contributed by atoms with Gasteiger partial charge in [-0.2, -0.15) is 0 Å². The van der Waals surface area contributed by atoms with E-state index in [0.717, 1.165) is 29.7 Å². The van der Waals surface area contributed by atoms with E-state index >= 15 is 0 Å². The Balaban J connectivity index is 2.22. The van der Waals surface area contributed by atoms with Crippen molar-refractivity contribution in [2.45, 2.75) is 25.2 Å². The summed E-state index contributed by atoms with van der Waals surface area (Å²) in [4.78, 5) is 12.3. The molecule has 20 heavy (non-hydrogen) atoms. The molecular formula is C13H17F2N3OS. The monoisotopic (exact) mass is 301 g/mol. The SMILES string of the molecule is C=CCNC(=O)c1sc(NCC(F)F)c(C2CC2)c1N. The molecule has 0 radical (unpaired) electrons. The number of rotatable bonds is 7. The van der Waals surface area contributed by atoms with Gasteiger partial charge in [0.15, 0.2) is 0 Å². The quantitative estimate of drug-likeness (QED) is 0.678. The van der Waals surface area contributed by atoms with Crippen molar-refractivity contribution in [1.29, 1.82) is 0 Å². The fraction of sp³-hybridized carbons (Fsp3) is 0.462. The molecule has 1 aromatic heterocycles. The second-order valence-corrected chi connectivity index (χ2v) is 5.65. The average Bonchev–Trinajstić information content (AvgIpc) is 3.18. The summed E-state index contributed by atoms with van der Waals surface area (Å²) in [6, 6.07) is 0. The molecule has 7 heteroatoms. The van der Waals surface area contributed by atoms with Crippen molar-refractivity contribution < 1.29 is 13.6 Å². The number of nitrogen functional groups attached to an aromatic ring is 1. The summed E-state index contributed by atoms with van der Waals surface area (Å²) in [5, 5.41) is 5.94. The van der Waals surface area contributed by atoms with E-state index in [1.165, 1.54) is 0 Å². The maximum atomic E-state index is 12.3. The van der Waals surface area contributed by atoms with Gasteiger partial charge in [-0.3, -0.25) is 4.79 Å². The number of nitrogens with one attached hydrogen (secondary N) is 2. The smallest absolute Gasteiger partial charge is 0.263 e. The van der Waals surface area contributed by atoms with E-state index < -0.39 is 13.0 Å². The lowest BCUT2D eigenvalue weighted by Gasteiger charge is -2.06. The number of nitrogens with two attached hydrogens (primary N) is 1. The van der Waals surface area contributed by atoms with Gasteiger partial charge in [0.25, 0.3) is 12.3 Å². The highest BCUT2D eigenvalue weighted by Crippen LogP contribution is 2.50. The van der Waals surface area contributed by atoms with Gasteiger partial charge in [-0.15, -0.1) is 17.9 Å². The van der Waals surface area contributed by atoms with Crippen LogP contribution in [0, 0.1) is 0 Å². The van der Waals surface area contributed by atoms with Crippen LogP contribution in [0.4, 0.5) is 19.5 Å². The summed E-state index contributed by atoms with van der Waals surface area (Å²) in [5.74, 6) is -0.00762. The zero-order valence-electron chi connectivity index (χ0n) is 10.9. The lowest BCUT2D eigenvalue weighted by Crippen LogP contribution is -2.23. The third-order valence-electron chi connectivity index (χ3n) is 3.00. The molecule has 4 nitrogen and oxygen atoms in total. The summed E-state index contributed by atoms with van der Waals surface area (Å²) in [7, 11) is 0. The maximum Gasteiger partial charge on any atom is 0.263 e.